The number of carbonyl (C=O) groups excluding carboxylic acids is 1. The average molecular weight is 344 g/mol. The van der Waals surface area contributed by atoms with Crippen molar-refractivity contribution >= 4 is 27.3 Å². The summed E-state index contributed by atoms with van der Waals surface area (Å²) in [6.45, 7) is 0.774. The molecule has 0 saturated carbocycles. The Hall–Kier alpha value is -1.53. The lowest BCUT2D eigenvalue weighted by Gasteiger charge is -2.19. The van der Waals surface area contributed by atoms with E-state index >= 15 is 0 Å². The SMILES string of the molecule is CN(CCOc1cccc(Cl)c1)C(=O)CC1C=CS(=O)(=O)C1. The van der Waals surface area contributed by atoms with E-state index in [0.29, 0.717) is 23.9 Å². The molecule has 1 aliphatic heterocycles. The van der Waals surface area contributed by atoms with Gasteiger partial charge in [0, 0.05) is 29.8 Å². The Morgan fingerprint density at radius 3 is 2.86 bits per heavy atom. The van der Waals surface area contributed by atoms with Crippen molar-refractivity contribution in [1.82, 2.24) is 4.90 Å². The molecule has 0 bridgehead atoms. The predicted octanol–water partition coefficient (Wildman–Crippen LogP) is 2.13. The number of hydrogen-bond donors (Lipinski definition) is 0. The van der Waals surface area contributed by atoms with Crippen LogP contribution in [0.25, 0.3) is 0 Å². The third-order valence-electron chi connectivity index (χ3n) is 3.36. The molecule has 1 aliphatic rings. The molecule has 1 atom stereocenters. The highest BCUT2D eigenvalue weighted by Crippen LogP contribution is 2.19. The molecule has 2 rings (SSSR count). The summed E-state index contributed by atoms with van der Waals surface area (Å²) in [7, 11) is -1.43. The lowest BCUT2D eigenvalue weighted by molar-refractivity contribution is -0.130. The minimum Gasteiger partial charge on any atom is -0.492 e. The number of hydrogen-bond acceptors (Lipinski definition) is 4. The van der Waals surface area contributed by atoms with Gasteiger partial charge in [-0.05, 0) is 18.2 Å². The van der Waals surface area contributed by atoms with Gasteiger partial charge in [-0.3, -0.25) is 4.79 Å². The molecular formula is C15H18ClNO4S. The smallest absolute Gasteiger partial charge is 0.223 e. The van der Waals surface area contributed by atoms with Crippen molar-refractivity contribution in [2.45, 2.75) is 6.42 Å². The number of benzene rings is 1. The lowest BCUT2D eigenvalue weighted by atomic mass is 10.1. The Balaban J connectivity index is 1.74. The molecular weight excluding hydrogens is 326 g/mol. The van der Waals surface area contributed by atoms with E-state index < -0.39 is 9.84 Å². The molecule has 120 valence electrons. The Kier molecular flexibility index (Phi) is 5.47. The fourth-order valence-electron chi connectivity index (χ4n) is 2.13. The van der Waals surface area contributed by atoms with Crippen LogP contribution >= 0.6 is 11.6 Å². The highest BCUT2D eigenvalue weighted by Gasteiger charge is 2.24. The number of carbonyl (C=O) groups is 1. The van der Waals surface area contributed by atoms with E-state index in [0.717, 1.165) is 0 Å². The van der Waals surface area contributed by atoms with Crippen LogP contribution in [0, 0.1) is 5.92 Å². The van der Waals surface area contributed by atoms with Crippen molar-refractivity contribution in [3.05, 3.63) is 40.8 Å². The normalized spacial score (nSPS) is 19.1. The third-order valence-corrected chi connectivity index (χ3v) is 5.06. The molecule has 0 aliphatic carbocycles. The van der Waals surface area contributed by atoms with Crippen molar-refractivity contribution in [3.8, 4) is 5.75 Å². The van der Waals surface area contributed by atoms with E-state index in [2.05, 4.69) is 0 Å². The summed E-state index contributed by atoms with van der Waals surface area (Å²) in [4.78, 5) is 13.6. The maximum absolute atomic E-state index is 12.0. The molecule has 22 heavy (non-hydrogen) atoms. The van der Waals surface area contributed by atoms with E-state index in [1.54, 1.807) is 42.3 Å². The number of amides is 1. The molecule has 1 aromatic carbocycles. The van der Waals surface area contributed by atoms with Crippen LogP contribution in [-0.4, -0.2) is 45.2 Å². The number of rotatable bonds is 6. The van der Waals surface area contributed by atoms with Gasteiger partial charge in [0.1, 0.15) is 12.4 Å². The molecule has 0 spiro atoms. The number of sulfone groups is 1. The molecule has 0 N–H and O–H groups in total. The van der Waals surface area contributed by atoms with Crippen LogP contribution in [0.3, 0.4) is 0 Å². The Morgan fingerprint density at radius 2 is 2.23 bits per heavy atom. The number of halogens is 1. The van der Waals surface area contributed by atoms with Crippen LogP contribution < -0.4 is 4.74 Å². The number of ether oxygens (including phenoxy) is 1. The van der Waals surface area contributed by atoms with Gasteiger partial charge >= 0.3 is 0 Å². The summed E-state index contributed by atoms with van der Waals surface area (Å²) in [5.41, 5.74) is 0. The molecule has 1 amide bonds. The van der Waals surface area contributed by atoms with Crippen LogP contribution in [0.2, 0.25) is 5.02 Å². The second-order valence-electron chi connectivity index (χ2n) is 5.24. The average Bonchev–Trinajstić information content (AvgIpc) is 2.77. The lowest BCUT2D eigenvalue weighted by Crippen LogP contribution is -2.32. The standard InChI is InChI=1S/C15H18ClNO4S/c1-17(6-7-21-14-4-2-3-13(16)10-14)15(18)9-12-5-8-22(19,20)11-12/h2-5,8,10,12H,6-7,9,11H2,1H3. The van der Waals surface area contributed by atoms with E-state index in [-0.39, 0.29) is 24.0 Å². The van der Waals surface area contributed by atoms with Gasteiger partial charge in [-0.2, -0.15) is 0 Å². The van der Waals surface area contributed by atoms with Gasteiger partial charge in [0.2, 0.25) is 5.91 Å². The van der Waals surface area contributed by atoms with Gasteiger partial charge in [0.05, 0.1) is 12.3 Å². The molecule has 7 heteroatoms. The molecule has 1 heterocycles. The van der Waals surface area contributed by atoms with Crippen molar-refractivity contribution in [2.24, 2.45) is 5.92 Å². The largest absolute Gasteiger partial charge is 0.492 e. The van der Waals surface area contributed by atoms with Gasteiger partial charge in [-0.15, -0.1) is 0 Å². The number of nitrogens with zero attached hydrogens (tertiary/aromatic N) is 1. The van der Waals surface area contributed by atoms with Crippen LogP contribution in [-0.2, 0) is 14.6 Å². The van der Waals surface area contributed by atoms with Crippen molar-refractivity contribution in [1.29, 1.82) is 0 Å². The summed E-state index contributed by atoms with van der Waals surface area (Å²) in [5, 5.41) is 1.78. The Labute approximate surface area is 135 Å². The van der Waals surface area contributed by atoms with Crippen molar-refractivity contribution in [2.75, 3.05) is 26.0 Å². The quantitative estimate of drug-likeness (QED) is 0.793. The second-order valence-corrected chi connectivity index (χ2v) is 7.61. The molecule has 0 aromatic heterocycles. The van der Waals surface area contributed by atoms with Gasteiger partial charge in [-0.1, -0.05) is 23.7 Å². The maximum Gasteiger partial charge on any atom is 0.223 e. The second kappa shape index (κ2) is 7.15. The van der Waals surface area contributed by atoms with Crippen molar-refractivity contribution < 1.29 is 17.9 Å². The van der Waals surface area contributed by atoms with Gasteiger partial charge in [0.25, 0.3) is 0 Å². The van der Waals surface area contributed by atoms with E-state index in [9.17, 15) is 13.2 Å². The first-order valence-electron chi connectivity index (χ1n) is 6.89. The summed E-state index contributed by atoms with van der Waals surface area (Å²) in [5.74, 6) is 0.347. The first kappa shape index (κ1) is 16.8. The molecule has 0 radical (unpaired) electrons. The monoisotopic (exact) mass is 343 g/mol. The van der Waals surface area contributed by atoms with Gasteiger partial charge < -0.3 is 9.64 Å². The highest BCUT2D eigenvalue weighted by molar-refractivity contribution is 7.94. The third kappa shape index (κ3) is 5.03. The summed E-state index contributed by atoms with van der Waals surface area (Å²) >= 11 is 5.85. The van der Waals surface area contributed by atoms with Gasteiger partial charge in [0.15, 0.2) is 9.84 Å². The van der Waals surface area contributed by atoms with Crippen LogP contribution in [0.15, 0.2) is 35.7 Å². The minimum atomic E-state index is -3.11. The van der Waals surface area contributed by atoms with E-state index in [1.807, 2.05) is 0 Å². The molecule has 1 unspecified atom stereocenters. The molecule has 1 aromatic rings. The Morgan fingerprint density at radius 1 is 1.45 bits per heavy atom. The highest BCUT2D eigenvalue weighted by atomic mass is 35.5. The van der Waals surface area contributed by atoms with E-state index in [1.165, 1.54) is 5.41 Å². The number of allylic oxidation sites excluding steroid dienone is 1. The summed E-state index contributed by atoms with van der Waals surface area (Å²) < 4.78 is 28.1. The first-order chi connectivity index (χ1) is 10.4. The molecule has 0 fully saturated rings. The summed E-state index contributed by atoms with van der Waals surface area (Å²) in [6, 6.07) is 7.05. The van der Waals surface area contributed by atoms with Crippen molar-refractivity contribution in [3.63, 3.8) is 0 Å². The molecule has 0 saturated heterocycles. The van der Waals surface area contributed by atoms with E-state index in [4.69, 9.17) is 16.3 Å². The maximum atomic E-state index is 12.0. The van der Waals surface area contributed by atoms with Crippen LogP contribution in [0.1, 0.15) is 6.42 Å². The minimum absolute atomic E-state index is 0.0194. The predicted molar refractivity (Wildman–Crippen MR) is 85.6 cm³/mol. The zero-order valence-electron chi connectivity index (χ0n) is 12.2. The Bertz CT molecular complexity index is 672. The molecule has 5 nitrogen and oxygen atoms in total. The zero-order valence-corrected chi connectivity index (χ0v) is 13.8. The first-order valence-corrected chi connectivity index (χ1v) is 8.98. The van der Waals surface area contributed by atoms with Gasteiger partial charge in [-0.25, -0.2) is 8.42 Å². The summed E-state index contributed by atoms with van der Waals surface area (Å²) in [6.07, 6.45) is 1.78. The van der Waals surface area contributed by atoms with Crippen LogP contribution in [0.4, 0.5) is 0 Å². The fraction of sp³-hybridized carbons (Fsp3) is 0.400. The topological polar surface area (TPSA) is 63.7 Å². The number of likely N-dealkylation sites (N-methyl/N-ethyl adjacent to an activating group) is 1. The van der Waals surface area contributed by atoms with Crippen LogP contribution in [0.5, 0.6) is 5.75 Å². The zero-order chi connectivity index (χ0) is 16.2. The fourth-order valence-corrected chi connectivity index (χ4v) is 3.71.